The zero-order valence-electron chi connectivity index (χ0n) is 24.5. The summed E-state index contributed by atoms with van der Waals surface area (Å²) >= 11 is 6.01. The Labute approximate surface area is 253 Å². The van der Waals surface area contributed by atoms with Gasteiger partial charge in [-0.3, -0.25) is 13.9 Å². The molecule has 0 saturated carbocycles. The van der Waals surface area contributed by atoms with Crippen LogP contribution in [-0.2, 0) is 26.2 Å². The molecule has 0 aliphatic heterocycles. The van der Waals surface area contributed by atoms with Crippen LogP contribution in [0, 0.1) is 0 Å². The van der Waals surface area contributed by atoms with Gasteiger partial charge in [-0.2, -0.15) is 0 Å². The highest BCUT2D eigenvalue weighted by Gasteiger charge is 2.34. The lowest BCUT2D eigenvalue weighted by Gasteiger charge is -2.33. The highest BCUT2D eigenvalue weighted by atomic mass is 35.5. The van der Waals surface area contributed by atoms with Gasteiger partial charge in [0.25, 0.3) is 10.0 Å². The molecule has 0 fully saturated rings. The summed E-state index contributed by atoms with van der Waals surface area (Å²) < 4.78 is 39.7. The number of ether oxygens (including phenoxy) is 2. The molecule has 0 spiro atoms. The molecule has 0 bridgehead atoms. The lowest BCUT2D eigenvalue weighted by atomic mass is 10.1. The van der Waals surface area contributed by atoms with Gasteiger partial charge < -0.3 is 19.7 Å². The van der Waals surface area contributed by atoms with Gasteiger partial charge in [-0.1, -0.05) is 30.7 Å². The second-order valence-corrected chi connectivity index (χ2v) is 12.1. The monoisotopic (exact) mass is 615 g/mol. The van der Waals surface area contributed by atoms with E-state index >= 15 is 0 Å². The number of sulfonamides is 1. The van der Waals surface area contributed by atoms with Crippen LogP contribution in [0.3, 0.4) is 0 Å². The minimum Gasteiger partial charge on any atom is -0.497 e. The third-order valence-corrected chi connectivity index (χ3v) is 8.49. The molecule has 9 nitrogen and oxygen atoms in total. The Hall–Kier alpha value is -3.76. The van der Waals surface area contributed by atoms with Gasteiger partial charge in [0.05, 0.1) is 24.3 Å². The average molecular weight is 616 g/mol. The van der Waals surface area contributed by atoms with Gasteiger partial charge in [0.1, 0.15) is 24.1 Å². The normalized spacial score (nSPS) is 12.0. The van der Waals surface area contributed by atoms with Gasteiger partial charge in [-0.25, -0.2) is 8.42 Å². The summed E-state index contributed by atoms with van der Waals surface area (Å²) in [4.78, 5) is 28.8. The number of hydrogen-bond acceptors (Lipinski definition) is 6. The maximum atomic E-state index is 14.1. The Morgan fingerprint density at radius 2 is 1.50 bits per heavy atom. The molecule has 2 amide bonds. The minimum absolute atomic E-state index is 0.0279. The van der Waals surface area contributed by atoms with E-state index in [1.165, 1.54) is 29.2 Å². The Kier molecular flexibility index (Phi) is 11.6. The summed E-state index contributed by atoms with van der Waals surface area (Å²) in [5, 5.41) is 3.27. The topological polar surface area (TPSA) is 105 Å². The first-order chi connectivity index (χ1) is 20.0. The van der Waals surface area contributed by atoms with Crippen LogP contribution in [0.1, 0.15) is 39.7 Å². The van der Waals surface area contributed by atoms with Crippen LogP contribution in [0.2, 0.25) is 5.02 Å². The van der Waals surface area contributed by atoms with Crippen LogP contribution in [-0.4, -0.2) is 57.5 Å². The Morgan fingerprint density at radius 1 is 0.905 bits per heavy atom. The molecule has 0 unspecified atom stereocenters. The number of rotatable bonds is 14. The first-order valence-corrected chi connectivity index (χ1v) is 15.6. The van der Waals surface area contributed by atoms with Crippen molar-refractivity contribution in [2.75, 3.05) is 24.6 Å². The zero-order valence-corrected chi connectivity index (χ0v) is 26.1. The fraction of sp³-hybridized carbons (Fsp3) is 0.355. The van der Waals surface area contributed by atoms with Crippen molar-refractivity contribution in [2.45, 2.75) is 57.6 Å². The molecule has 0 aliphatic carbocycles. The molecule has 0 heterocycles. The highest BCUT2D eigenvalue weighted by molar-refractivity contribution is 7.92. The predicted octanol–water partition coefficient (Wildman–Crippen LogP) is 5.27. The van der Waals surface area contributed by atoms with Gasteiger partial charge in [0.2, 0.25) is 11.8 Å². The molecule has 0 saturated heterocycles. The van der Waals surface area contributed by atoms with Crippen molar-refractivity contribution < 1.29 is 27.5 Å². The fourth-order valence-corrected chi connectivity index (χ4v) is 5.91. The van der Waals surface area contributed by atoms with Crippen molar-refractivity contribution in [2.24, 2.45) is 0 Å². The van der Waals surface area contributed by atoms with Crippen LogP contribution >= 0.6 is 11.6 Å². The number of amides is 2. The number of methoxy groups -OCH3 is 1. The second kappa shape index (κ2) is 14.9. The van der Waals surface area contributed by atoms with Gasteiger partial charge in [-0.15, -0.1) is 0 Å². The van der Waals surface area contributed by atoms with E-state index in [1.807, 2.05) is 27.7 Å². The van der Waals surface area contributed by atoms with Crippen LogP contribution in [0.25, 0.3) is 0 Å². The summed E-state index contributed by atoms with van der Waals surface area (Å²) in [6, 6.07) is 18.4. The summed E-state index contributed by atoms with van der Waals surface area (Å²) in [6.45, 7) is 7.33. The van der Waals surface area contributed by atoms with E-state index in [0.29, 0.717) is 29.5 Å². The quantitative estimate of drug-likeness (QED) is 0.265. The molecule has 226 valence electrons. The van der Waals surface area contributed by atoms with E-state index < -0.39 is 28.5 Å². The van der Waals surface area contributed by atoms with Crippen molar-refractivity contribution in [3.63, 3.8) is 0 Å². The average Bonchev–Trinajstić information content (AvgIpc) is 2.96. The van der Waals surface area contributed by atoms with Gasteiger partial charge >= 0.3 is 0 Å². The van der Waals surface area contributed by atoms with Crippen LogP contribution in [0.4, 0.5) is 5.69 Å². The highest BCUT2D eigenvalue weighted by Crippen LogP contribution is 2.28. The van der Waals surface area contributed by atoms with Crippen molar-refractivity contribution in [1.29, 1.82) is 0 Å². The van der Waals surface area contributed by atoms with E-state index in [-0.39, 0.29) is 29.1 Å². The first-order valence-electron chi connectivity index (χ1n) is 13.7. The van der Waals surface area contributed by atoms with Gasteiger partial charge in [-0.05, 0) is 93.4 Å². The SMILES string of the molecule is CCOc1ccc(N(CC(=O)N(Cc2ccc(OC)cc2)[C@@H](CC)C(=O)NC(C)C)S(=O)(=O)c2ccc(Cl)cc2)cc1. The molecule has 42 heavy (non-hydrogen) atoms. The van der Waals surface area contributed by atoms with E-state index in [1.54, 1.807) is 55.6 Å². The number of carbonyl (C=O) groups excluding carboxylic acids is 2. The summed E-state index contributed by atoms with van der Waals surface area (Å²) in [5.74, 6) is 0.358. The molecule has 0 aliphatic rings. The number of hydrogen-bond donors (Lipinski definition) is 1. The second-order valence-electron chi connectivity index (χ2n) is 9.85. The van der Waals surface area contributed by atoms with Crippen molar-refractivity contribution in [3.8, 4) is 11.5 Å². The number of halogens is 1. The lowest BCUT2D eigenvalue weighted by Crippen LogP contribution is -2.53. The summed E-state index contributed by atoms with van der Waals surface area (Å²) in [6.07, 6.45) is 0.327. The third-order valence-electron chi connectivity index (χ3n) is 6.45. The standard InChI is InChI=1S/C31H38ClN3O6S/c1-6-29(31(37)33-22(3)4)34(20-23-8-14-26(40-5)15-9-23)30(36)21-35(25-12-16-27(17-13-25)41-7-2)42(38,39)28-18-10-24(32)11-19-28/h8-19,22,29H,6-7,20-21H2,1-5H3,(H,33,37)/t29-/m0/s1. The fourth-order valence-electron chi connectivity index (χ4n) is 4.37. The van der Waals surface area contributed by atoms with E-state index in [9.17, 15) is 18.0 Å². The first kappa shape index (κ1) is 32.8. The Bertz CT molecular complexity index is 1430. The molecule has 3 rings (SSSR count). The summed E-state index contributed by atoms with van der Waals surface area (Å²) in [7, 11) is -2.65. The van der Waals surface area contributed by atoms with Crippen LogP contribution < -0.4 is 19.1 Å². The number of carbonyl (C=O) groups is 2. The number of nitrogens with one attached hydrogen (secondary N) is 1. The predicted molar refractivity (Wildman–Crippen MR) is 164 cm³/mol. The molecule has 0 radical (unpaired) electrons. The van der Waals surface area contributed by atoms with Gasteiger partial charge in [0, 0.05) is 17.6 Å². The smallest absolute Gasteiger partial charge is 0.264 e. The van der Waals surface area contributed by atoms with Crippen LogP contribution in [0.15, 0.2) is 77.7 Å². The van der Waals surface area contributed by atoms with Crippen LogP contribution in [0.5, 0.6) is 11.5 Å². The molecule has 1 N–H and O–H groups in total. The molecule has 3 aromatic rings. The molecule has 11 heteroatoms. The van der Waals surface area contributed by atoms with Gasteiger partial charge in [0.15, 0.2) is 0 Å². The Morgan fingerprint density at radius 3 is 2.02 bits per heavy atom. The van der Waals surface area contributed by atoms with Crippen molar-refractivity contribution >= 4 is 39.1 Å². The maximum absolute atomic E-state index is 14.1. The van der Waals surface area contributed by atoms with E-state index in [0.717, 1.165) is 9.87 Å². The zero-order chi connectivity index (χ0) is 30.9. The van der Waals surface area contributed by atoms with Crippen molar-refractivity contribution in [3.05, 3.63) is 83.4 Å². The maximum Gasteiger partial charge on any atom is 0.264 e. The number of benzene rings is 3. The summed E-state index contributed by atoms with van der Waals surface area (Å²) in [5.41, 5.74) is 1.03. The molecule has 1 atom stereocenters. The van der Waals surface area contributed by atoms with Crippen molar-refractivity contribution in [1.82, 2.24) is 10.2 Å². The third kappa shape index (κ3) is 8.39. The minimum atomic E-state index is -4.21. The molecular weight excluding hydrogens is 578 g/mol. The number of nitrogens with zero attached hydrogens (tertiary/aromatic N) is 2. The number of anilines is 1. The molecule has 3 aromatic carbocycles. The van der Waals surface area contributed by atoms with E-state index in [2.05, 4.69) is 5.32 Å². The Balaban J connectivity index is 2.06. The largest absolute Gasteiger partial charge is 0.497 e. The lowest BCUT2D eigenvalue weighted by molar-refractivity contribution is -0.140. The molecular formula is C31H38ClN3O6S. The van der Waals surface area contributed by atoms with E-state index in [4.69, 9.17) is 21.1 Å². The molecule has 0 aromatic heterocycles.